The Hall–Kier alpha value is -2.68. The first kappa shape index (κ1) is 19.3. The number of aromatic nitrogens is 4. The maximum Gasteiger partial charge on any atom is 0.399 e. The Morgan fingerprint density at radius 2 is 2.00 bits per heavy atom. The lowest BCUT2D eigenvalue weighted by atomic mass is 9.98. The molecule has 6 nitrogen and oxygen atoms in total. The standard InChI is InChI=1S/C21H23F3N6/c1-13-7-14(9-25-8-13)28-18-4-2-3-15(29-18)16-10-27-19-11-26-17(12-30(16)19)20(5-6-20)21(22,23)24/h2-4,10-14,25H,5-9H2,1H3,(H,28,29)/t13-,14+/m0/s1. The second kappa shape index (κ2) is 6.94. The van der Waals surface area contributed by atoms with Crippen LogP contribution in [-0.4, -0.2) is 44.7 Å². The Morgan fingerprint density at radius 1 is 1.17 bits per heavy atom. The molecule has 30 heavy (non-hydrogen) atoms. The number of pyridine rings is 1. The zero-order valence-electron chi connectivity index (χ0n) is 16.6. The predicted octanol–water partition coefficient (Wildman–Crippen LogP) is 3.80. The summed E-state index contributed by atoms with van der Waals surface area (Å²) in [6.07, 6.45) is 1.40. The van der Waals surface area contributed by atoms with E-state index in [4.69, 9.17) is 4.98 Å². The molecule has 3 aromatic rings. The fourth-order valence-corrected chi connectivity index (χ4v) is 4.27. The van der Waals surface area contributed by atoms with Crippen LogP contribution in [-0.2, 0) is 5.41 Å². The number of piperidine rings is 1. The number of nitrogens with one attached hydrogen (secondary N) is 2. The van der Waals surface area contributed by atoms with Gasteiger partial charge < -0.3 is 10.6 Å². The molecule has 0 aromatic carbocycles. The van der Waals surface area contributed by atoms with Crippen molar-refractivity contribution in [1.82, 2.24) is 24.7 Å². The Kier molecular flexibility index (Phi) is 4.46. The average Bonchev–Trinajstić information content (AvgIpc) is 3.43. The van der Waals surface area contributed by atoms with Crippen molar-refractivity contribution in [3.63, 3.8) is 0 Å². The van der Waals surface area contributed by atoms with Gasteiger partial charge in [-0.3, -0.25) is 9.38 Å². The van der Waals surface area contributed by atoms with Gasteiger partial charge in [-0.05, 0) is 43.9 Å². The summed E-state index contributed by atoms with van der Waals surface area (Å²) < 4.78 is 42.3. The van der Waals surface area contributed by atoms with Crippen LogP contribution in [0.15, 0.2) is 36.8 Å². The van der Waals surface area contributed by atoms with E-state index in [1.807, 2.05) is 18.2 Å². The van der Waals surface area contributed by atoms with Crippen molar-refractivity contribution < 1.29 is 13.2 Å². The summed E-state index contributed by atoms with van der Waals surface area (Å²) in [5.41, 5.74) is 0.00349. The fraction of sp³-hybridized carbons (Fsp3) is 0.476. The number of hydrogen-bond donors (Lipinski definition) is 2. The van der Waals surface area contributed by atoms with E-state index < -0.39 is 11.6 Å². The van der Waals surface area contributed by atoms with Gasteiger partial charge in [0.05, 0.1) is 29.5 Å². The first-order valence-electron chi connectivity index (χ1n) is 10.2. The Morgan fingerprint density at radius 3 is 2.73 bits per heavy atom. The van der Waals surface area contributed by atoms with Crippen molar-refractivity contribution >= 4 is 11.5 Å². The van der Waals surface area contributed by atoms with Gasteiger partial charge in [-0.25, -0.2) is 9.97 Å². The van der Waals surface area contributed by atoms with Gasteiger partial charge in [-0.2, -0.15) is 13.2 Å². The minimum atomic E-state index is -4.30. The van der Waals surface area contributed by atoms with Crippen LogP contribution in [0.2, 0.25) is 0 Å². The topological polar surface area (TPSA) is 67.1 Å². The molecule has 4 heterocycles. The van der Waals surface area contributed by atoms with Gasteiger partial charge in [0.1, 0.15) is 11.2 Å². The van der Waals surface area contributed by atoms with E-state index in [0.29, 0.717) is 23.0 Å². The number of halogens is 3. The van der Waals surface area contributed by atoms with Crippen LogP contribution in [0.4, 0.5) is 19.0 Å². The van der Waals surface area contributed by atoms with E-state index >= 15 is 0 Å². The first-order valence-corrected chi connectivity index (χ1v) is 10.2. The highest BCUT2D eigenvalue weighted by Crippen LogP contribution is 2.58. The molecule has 5 rings (SSSR count). The van der Waals surface area contributed by atoms with Crippen LogP contribution in [0.25, 0.3) is 17.0 Å². The van der Waals surface area contributed by atoms with Gasteiger partial charge in [0, 0.05) is 18.8 Å². The first-order chi connectivity index (χ1) is 14.4. The van der Waals surface area contributed by atoms with Crippen molar-refractivity contribution in [2.75, 3.05) is 18.4 Å². The summed E-state index contributed by atoms with van der Waals surface area (Å²) in [6.45, 7) is 4.10. The summed E-state index contributed by atoms with van der Waals surface area (Å²) in [6, 6.07) is 5.93. The fourth-order valence-electron chi connectivity index (χ4n) is 4.27. The third-order valence-electron chi connectivity index (χ3n) is 6.11. The van der Waals surface area contributed by atoms with Crippen LogP contribution in [0.3, 0.4) is 0 Å². The average molecular weight is 416 g/mol. The van der Waals surface area contributed by atoms with Gasteiger partial charge >= 0.3 is 6.18 Å². The van der Waals surface area contributed by atoms with E-state index in [2.05, 4.69) is 27.5 Å². The Labute approximate surface area is 171 Å². The summed E-state index contributed by atoms with van der Waals surface area (Å²) >= 11 is 0. The number of imidazole rings is 1. The molecule has 0 amide bonds. The molecule has 1 aliphatic carbocycles. The van der Waals surface area contributed by atoms with E-state index in [0.717, 1.165) is 25.3 Å². The summed E-state index contributed by atoms with van der Waals surface area (Å²) in [5, 5.41) is 6.87. The second-order valence-electron chi connectivity index (χ2n) is 8.47. The van der Waals surface area contributed by atoms with Crippen molar-refractivity contribution in [2.24, 2.45) is 5.92 Å². The molecular formula is C21H23F3N6. The smallest absolute Gasteiger partial charge is 0.366 e. The SMILES string of the molecule is C[C@@H]1CNC[C@H](Nc2cccc(-c3cnc4cnc(C5(C(F)(F)F)CC5)cn34)n2)C1. The largest absolute Gasteiger partial charge is 0.399 e. The lowest BCUT2D eigenvalue weighted by Gasteiger charge is -2.28. The number of fused-ring (bicyclic) bond motifs is 1. The highest BCUT2D eigenvalue weighted by atomic mass is 19.4. The molecule has 2 N–H and O–H groups in total. The number of hydrogen-bond acceptors (Lipinski definition) is 5. The number of nitrogens with zero attached hydrogens (tertiary/aromatic N) is 4. The molecule has 3 aromatic heterocycles. The van der Waals surface area contributed by atoms with Crippen molar-refractivity contribution in [1.29, 1.82) is 0 Å². The molecule has 158 valence electrons. The van der Waals surface area contributed by atoms with Gasteiger partial charge in [0.25, 0.3) is 0 Å². The maximum atomic E-state index is 13.5. The van der Waals surface area contributed by atoms with Gasteiger partial charge in [-0.15, -0.1) is 0 Å². The quantitative estimate of drug-likeness (QED) is 0.677. The van der Waals surface area contributed by atoms with Crippen LogP contribution >= 0.6 is 0 Å². The maximum absolute atomic E-state index is 13.5. The molecule has 9 heteroatoms. The van der Waals surface area contributed by atoms with E-state index in [1.54, 1.807) is 10.6 Å². The molecule has 0 spiro atoms. The zero-order chi connectivity index (χ0) is 20.9. The van der Waals surface area contributed by atoms with Crippen LogP contribution in [0.1, 0.15) is 31.9 Å². The molecule has 2 aliphatic rings. The highest BCUT2D eigenvalue weighted by molar-refractivity contribution is 5.62. The summed E-state index contributed by atoms with van der Waals surface area (Å²) in [5.74, 6) is 1.33. The van der Waals surface area contributed by atoms with E-state index in [9.17, 15) is 13.2 Å². The zero-order valence-corrected chi connectivity index (χ0v) is 16.6. The highest BCUT2D eigenvalue weighted by Gasteiger charge is 2.65. The summed E-state index contributed by atoms with van der Waals surface area (Å²) in [7, 11) is 0. The molecule has 0 unspecified atom stereocenters. The Balaban J connectivity index is 1.47. The third-order valence-corrected chi connectivity index (χ3v) is 6.11. The van der Waals surface area contributed by atoms with Crippen LogP contribution in [0.5, 0.6) is 0 Å². The lowest BCUT2D eigenvalue weighted by Crippen LogP contribution is -2.42. The number of rotatable bonds is 4. The van der Waals surface area contributed by atoms with E-state index in [1.165, 1.54) is 12.4 Å². The normalized spacial score (nSPS) is 23.5. The predicted molar refractivity (Wildman–Crippen MR) is 107 cm³/mol. The molecule has 1 saturated carbocycles. The van der Waals surface area contributed by atoms with Crippen LogP contribution in [0, 0.1) is 5.92 Å². The molecular weight excluding hydrogens is 393 g/mol. The van der Waals surface area contributed by atoms with Crippen molar-refractivity contribution in [2.45, 2.75) is 43.8 Å². The molecule has 0 radical (unpaired) electrons. The monoisotopic (exact) mass is 416 g/mol. The molecule has 2 fully saturated rings. The molecule has 1 aliphatic heterocycles. The number of alkyl halides is 3. The van der Waals surface area contributed by atoms with E-state index in [-0.39, 0.29) is 24.6 Å². The van der Waals surface area contributed by atoms with Crippen LogP contribution < -0.4 is 10.6 Å². The number of anilines is 1. The van der Waals surface area contributed by atoms with Gasteiger partial charge in [0.15, 0.2) is 5.65 Å². The molecule has 1 saturated heterocycles. The minimum Gasteiger partial charge on any atom is -0.366 e. The molecule has 2 atom stereocenters. The van der Waals surface area contributed by atoms with Gasteiger partial charge in [0.2, 0.25) is 0 Å². The van der Waals surface area contributed by atoms with Gasteiger partial charge in [-0.1, -0.05) is 13.0 Å². The van der Waals surface area contributed by atoms with Crippen molar-refractivity contribution in [3.8, 4) is 11.4 Å². The van der Waals surface area contributed by atoms with Crippen molar-refractivity contribution in [3.05, 3.63) is 42.5 Å². The third kappa shape index (κ3) is 3.30. The Bertz CT molecular complexity index is 1070. The second-order valence-corrected chi connectivity index (χ2v) is 8.47. The molecule has 0 bridgehead atoms. The minimum absolute atomic E-state index is 0.0401. The lowest BCUT2D eigenvalue weighted by molar-refractivity contribution is -0.161. The summed E-state index contributed by atoms with van der Waals surface area (Å²) in [4.78, 5) is 13.1.